The summed E-state index contributed by atoms with van der Waals surface area (Å²) < 4.78 is 2.14. The number of pyridine rings is 2. The van der Waals surface area contributed by atoms with Gasteiger partial charge in [-0.2, -0.15) is 0 Å². The molecule has 0 spiro atoms. The molecule has 21 heavy (non-hydrogen) atoms. The molecule has 3 rings (SSSR count). The Morgan fingerprint density at radius 2 is 2.00 bits per heavy atom. The van der Waals surface area contributed by atoms with E-state index in [1.165, 1.54) is 11.3 Å². The van der Waals surface area contributed by atoms with Gasteiger partial charge >= 0.3 is 0 Å². The van der Waals surface area contributed by atoms with Crippen LogP contribution in [-0.4, -0.2) is 20.9 Å². The Morgan fingerprint density at radius 3 is 2.71 bits per heavy atom. The molecule has 3 aromatic rings. The smallest absolute Gasteiger partial charge is 0.152 e. The average Bonchev–Trinajstić information content (AvgIpc) is 2.92. The Morgan fingerprint density at radius 1 is 1.19 bits per heavy atom. The molecule has 0 amide bonds. The van der Waals surface area contributed by atoms with E-state index in [0.29, 0.717) is 0 Å². The average molecular weight is 345 g/mol. The van der Waals surface area contributed by atoms with Crippen molar-refractivity contribution in [2.45, 2.75) is 18.8 Å². The van der Waals surface area contributed by atoms with E-state index >= 15 is 0 Å². The molecule has 0 aliphatic carbocycles. The van der Waals surface area contributed by atoms with Crippen molar-refractivity contribution in [1.82, 2.24) is 14.4 Å². The molecule has 0 bridgehead atoms. The summed E-state index contributed by atoms with van der Waals surface area (Å²) in [5, 5.41) is 0.778. The van der Waals surface area contributed by atoms with Gasteiger partial charge in [0.1, 0.15) is 5.65 Å². The highest BCUT2D eigenvalue weighted by atomic mass is 79.9. The molecule has 0 saturated heterocycles. The first-order chi connectivity index (χ1) is 10.3. The first-order valence-corrected chi connectivity index (χ1v) is 8.11. The molecule has 3 aromatic heterocycles. The number of hydrogen-bond acceptors (Lipinski definition) is 3. The maximum atomic E-state index is 4.79. The first-order valence-electron chi connectivity index (χ1n) is 6.99. The van der Waals surface area contributed by atoms with Crippen LogP contribution >= 0.6 is 15.9 Å². The second-order valence-electron chi connectivity index (χ2n) is 4.81. The molecule has 0 aliphatic heterocycles. The summed E-state index contributed by atoms with van der Waals surface area (Å²) in [4.78, 5) is 11.2. The van der Waals surface area contributed by atoms with Gasteiger partial charge in [-0.15, -0.1) is 0 Å². The molecular formula is C16H17BrN4. The summed E-state index contributed by atoms with van der Waals surface area (Å²) in [5.41, 5.74) is 3.40. The predicted molar refractivity (Wildman–Crippen MR) is 88.8 cm³/mol. The summed E-state index contributed by atoms with van der Waals surface area (Å²) in [6.45, 7) is 3.90. The molecule has 0 aliphatic rings. The van der Waals surface area contributed by atoms with Gasteiger partial charge in [-0.3, -0.25) is 4.98 Å². The van der Waals surface area contributed by atoms with Crippen molar-refractivity contribution in [3.05, 3.63) is 60.2 Å². The van der Waals surface area contributed by atoms with Crippen molar-refractivity contribution in [2.24, 2.45) is 0 Å². The number of aromatic nitrogens is 3. The zero-order valence-corrected chi connectivity index (χ0v) is 13.5. The molecule has 0 atom stereocenters. The van der Waals surface area contributed by atoms with E-state index in [1.54, 1.807) is 0 Å². The topological polar surface area (TPSA) is 33.4 Å². The number of hydrogen-bond donors (Lipinski definition) is 0. The van der Waals surface area contributed by atoms with Crippen LogP contribution in [0.5, 0.6) is 0 Å². The second kappa shape index (κ2) is 6.26. The van der Waals surface area contributed by atoms with Crippen molar-refractivity contribution in [1.29, 1.82) is 0 Å². The molecule has 0 aromatic carbocycles. The summed E-state index contributed by atoms with van der Waals surface area (Å²) >= 11 is 3.59. The highest BCUT2D eigenvalue weighted by Gasteiger charge is 2.16. The van der Waals surface area contributed by atoms with Crippen molar-refractivity contribution < 1.29 is 0 Å². The standard InChI is InChI=1S/C16H17BrN4/c1-2-20(12-13-6-8-18-9-7-13)16-14(11-17)21-10-4-3-5-15(21)19-16/h3-10H,2,11-12H2,1H3. The molecule has 108 valence electrons. The van der Waals surface area contributed by atoms with Gasteiger partial charge in [0.25, 0.3) is 0 Å². The minimum Gasteiger partial charge on any atom is -0.351 e. The lowest BCUT2D eigenvalue weighted by atomic mass is 10.2. The zero-order chi connectivity index (χ0) is 14.7. The molecule has 0 N–H and O–H groups in total. The number of rotatable bonds is 5. The van der Waals surface area contributed by atoms with Crippen LogP contribution < -0.4 is 4.90 Å². The van der Waals surface area contributed by atoms with E-state index in [2.05, 4.69) is 43.3 Å². The molecule has 5 heteroatoms. The molecule has 0 fully saturated rings. The number of imidazole rings is 1. The fourth-order valence-corrected chi connectivity index (χ4v) is 2.98. The summed E-state index contributed by atoms with van der Waals surface area (Å²) in [7, 11) is 0. The Labute approximate surface area is 132 Å². The van der Waals surface area contributed by atoms with Crippen LogP contribution in [0.4, 0.5) is 5.82 Å². The van der Waals surface area contributed by atoms with Gasteiger partial charge in [0.05, 0.1) is 5.69 Å². The monoisotopic (exact) mass is 344 g/mol. The maximum absolute atomic E-state index is 4.79. The molecular weight excluding hydrogens is 328 g/mol. The summed E-state index contributed by atoms with van der Waals surface area (Å²) in [6, 6.07) is 10.2. The zero-order valence-electron chi connectivity index (χ0n) is 11.9. The lowest BCUT2D eigenvalue weighted by Gasteiger charge is -2.21. The van der Waals surface area contributed by atoms with E-state index in [4.69, 9.17) is 4.98 Å². The van der Waals surface area contributed by atoms with E-state index in [9.17, 15) is 0 Å². The Balaban J connectivity index is 2.00. The number of fused-ring (bicyclic) bond motifs is 1. The van der Waals surface area contributed by atoms with Crippen LogP contribution in [0.25, 0.3) is 5.65 Å². The third-order valence-electron chi connectivity index (χ3n) is 3.54. The second-order valence-corrected chi connectivity index (χ2v) is 5.37. The van der Waals surface area contributed by atoms with Crippen molar-refractivity contribution >= 4 is 27.4 Å². The van der Waals surface area contributed by atoms with E-state index in [0.717, 1.165) is 29.9 Å². The van der Waals surface area contributed by atoms with Crippen molar-refractivity contribution in [3.63, 3.8) is 0 Å². The number of anilines is 1. The molecule has 0 saturated carbocycles. The van der Waals surface area contributed by atoms with Crippen LogP contribution in [0, 0.1) is 0 Å². The fourth-order valence-electron chi connectivity index (χ4n) is 2.46. The minimum atomic E-state index is 0.778. The lowest BCUT2D eigenvalue weighted by Crippen LogP contribution is -2.23. The van der Waals surface area contributed by atoms with Gasteiger partial charge in [0.15, 0.2) is 5.82 Å². The van der Waals surface area contributed by atoms with Crippen molar-refractivity contribution in [2.75, 3.05) is 11.4 Å². The van der Waals surface area contributed by atoms with Gasteiger partial charge in [-0.1, -0.05) is 22.0 Å². The van der Waals surface area contributed by atoms with E-state index < -0.39 is 0 Å². The van der Waals surface area contributed by atoms with Gasteiger partial charge in [0, 0.05) is 37.0 Å². The molecule has 0 radical (unpaired) electrons. The maximum Gasteiger partial charge on any atom is 0.152 e. The minimum absolute atomic E-state index is 0.778. The molecule has 3 heterocycles. The normalized spacial score (nSPS) is 11.0. The molecule has 4 nitrogen and oxygen atoms in total. The first kappa shape index (κ1) is 14.1. The fraction of sp³-hybridized carbons (Fsp3) is 0.250. The van der Waals surface area contributed by atoms with Crippen LogP contribution in [0.15, 0.2) is 48.9 Å². The van der Waals surface area contributed by atoms with Crippen LogP contribution in [0.2, 0.25) is 0 Å². The Bertz CT molecular complexity index is 723. The molecule has 0 unspecified atom stereocenters. The highest BCUT2D eigenvalue weighted by Crippen LogP contribution is 2.25. The SMILES string of the molecule is CCN(Cc1ccncc1)c1nc2ccccn2c1CBr. The van der Waals surface area contributed by atoms with Gasteiger partial charge in [0.2, 0.25) is 0 Å². The Hall–Kier alpha value is -1.88. The number of nitrogens with zero attached hydrogens (tertiary/aromatic N) is 4. The van der Waals surface area contributed by atoms with Gasteiger partial charge in [-0.05, 0) is 36.8 Å². The van der Waals surface area contributed by atoms with E-state index in [-0.39, 0.29) is 0 Å². The predicted octanol–water partition coefficient (Wildman–Crippen LogP) is 3.65. The summed E-state index contributed by atoms with van der Waals surface area (Å²) in [5.74, 6) is 1.04. The third kappa shape index (κ3) is 2.78. The summed E-state index contributed by atoms with van der Waals surface area (Å²) in [6.07, 6.45) is 5.72. The van der Waals surface area contributed by atoms with Gasteiger partial charge < -0.3 is 9.30 Å². The number of halogens is 1. The lowest BCUT2D eigenvalue weighted by molar-refractivity contribution is 0.811. The van der Waals surface area contributed by atoms with Crippen molar-refractivity contribution in [3.8, 4) is 0 Å². The Kier molecular flexibility index (Phi) is 4.20. The van der Waals surface area contributed by atoms with Crippen LogP contribution in [0.3, 0.4) is 0 Å². The quantitative estimate of drug-likeness (QED) is 0.662. The van der Waals surface area contributed by atoms with Crippen LogP contribution in [-0.2, 0) is 11.9 Å². The highest BCUT2D eigenvalue weighted by molar-refractivity contribution is 9.08. The van der Waals surface area contributed by atoms with Gasteiger partial charge in [-0.25, -0.2) is 4.98 Å². The largest absolute Gasteiger partial charge is 0.351 e. The number of alkyl halides is 1. The third-order valence-corrected chi connectivity index (χ3v) is 4.07. The van der Waals surface area contributed by atoms with E-state index in [1.807, 2.05) is 42.7 Å². The van der Waals surface area contributed by atoms with Crippen LogP contribution in [0.1, 0.15) is 18.2 Å².